The Hall–Kier alpha value is -0.810. The third kappa shape index (κ3) is 3.51. The van der Waals surface area contributed by atoms with E-state index in [1.54, 1.807) is 7.11 Å². The van der Waals surface area contributed by atoms with Crippen LogP contribution in [0.5, 0.6) is 0 Å². The van der Waals surface area contributed by atoms with E-state index in [-0.39, 0.29) is 5.96 Å². The first kappa shape index (κ1) is 11.3. The molecule has 5 nitrogen and oxygen atoms in total. The summed E-state index contributed by atoms with van der Waals surface area (Å²) < 4.78 is 5.05. The minimum absolute atomic E-state index is 0.184. The molecule has 5 heteroatoms. The van der Waals surface area contributed by atoms with Gasteiger partial charge < -0.3 is 16.2 Å². The molecular weight excluding hydrogens is 180 g/mol. The second-order valence-corrected chi connectivity index (χ2v) is 3.59. The summed E-state index contributed by atoms with van der Waals surface area (Å²) in [5.41, 5.74) is 10.6. The highest BCUT2D eigenvalue weighted by Gasteiger charge is 2.23. The average Bonchev–Trinajstić information content (AvgIpc) is 2.58. The number of hydrogen-bond acceptors (Lipinski definition) is 3. The van der Waals surface area contributed by atoms with Crippen LogP contribution in [0.15, 0.2) is 4.99 Å². The lowest BCUT2D eigenvalue weighted by Crippen LogP contribution is -2.35. The van der Waals surface area contributed by atoms with Gasteiger partial charge in [-0.1, -0.05) is 0 Å². The zero-order valence-electron chi connectivity index (χ0n) is 8.78. The molecule has 0 amide bonds. The summed E-state index contributed by atoms with van der Waals surface area (Å²) in [5.74, 6) is 0.184. The molecule has 1 heterocycles. The molecule has 0 aromatic carbocycles. The van der Waals surface area contributed by atoms with Gasteiger partial charge in [-0.2, -0.15) is 0 Å². The van der Waals surface area contributed by atoms with Crippen molar-refractivity contribution < 1.29 is 4.74 Å². The van der Waals surface area contributed by atoms with Gasteiger partial charge >= 0.3 is 0 Å². The van der Waals surface area contributed by atoms with Crippen molar-refractivity contribution in [3.05, 3.63) is 0 Å². The molecule has 0 bridgehead atoms. The fourth-order valence-corrected chi connectivity index (χ4v) is 1.82. The zero-order valence-corrected chi connectivity index (χ0v) is 8.78. The maximum Gasteiger partial charge on any atom is 0.185 e. The quantitative estimate of drug-likeness (QED) is 0.457. The minimum atomic E-state index is 0.184. The average molecular weight is 200 g/mol. The number of rotatable bonds is 5. The maximum atomic E-state index is 5.30. The van der Waals surface area contributed by atoms with Crippen molar-refractivity contribution in [2.24, 2.45) is 16.5 Å². The van der Waals surface area contributed by atoms with Gasteiger partial charge in [-0.05, 0) is 19.4 Å². The van der Waals surface area contributed by atoms with Gasteiger partial charge in [-0.3, -0.25) is 9.89 Å². The van der Waals surface area contributed by atoms with Gasteiger partial charge in [0.05, 0.1) is 13.2 Å². The van der Waals surface area contributed by atoms with Crippen molar-refractivity contribution in [2.45, 2.75) is 18.9 Å². The van der Waals surface area contributed by atoms with Crippen LogP contribution in [0.25, 0.3) is 0 Å². The summed E-state index contributed by atoms with van der Waals surface area (Å²) in [6.45, 7) is 3.60. The van der Waals surface area contributed by atoms with Gasteiger partial charge in [-0.15, -0.1) is 0 Å². The van der Waals surface area contributed by atoms with Gasteiger partial charge in [0.25, 0.3) is 0 Å². The smallest absolute Gasteiger partial charge is 0.185 e. The monoisotopic (exact) mass is 200 g/mol. The van der Waals surface area contributed by atoms with Crippen LogP contribution >= 0.6 is 0 Å². The van der Waals surface area contributed by atoms with Gasteiger partial charge in [0.2, 0.25) is 0 Å². The first-order valence-corrected chi connectivity index (χ1v) is 5.02. The molecule has 1 saturated heterocycles. The molecule has 0 aromatic heterocycles. The summed E-state index contributed by atoms with van der Waals surface area (Å²) in [7, 11) is 1.72. The summed E-state index contributed by atoms with van der Waals surface area (Å²) in [5, 5.41) is 0. The topological polar surface area (TPSA) is 76.9 Å². The van der Waals surface area contributed by atoms with E-state index < -0.39 is 0 Å². The van der Waals surface area contributed by atoms with E-state index >= 15 is 0 Å². The Morgan fingerprint density at radius 1 is 1.57 bits per heavy atom. The van der Waals surface area contributed by atoms with E-state index in [0.29, 0.717) is 12.6 Å². The van der Waals surface area contributed by atoms with Crippen molar-refractivity contribution in [2.75, 3.05) is 33.4 Å². The Morgan fingerprint density at radius 2 is 2.36 bits per heavy atom. The molecule has 82 valence electrons. The first-order chi connectivity index (χ1) is 6.74. The van der Waals surface area contributed by atoms with Crippen LogP contribution in [0, 0.1) is 0 Å². The van der Waals surface area contributed by atoms with Crippen molar-refractivity contribution in [1.29, 1.82) is 0 Å². The lowest BCUT2D eigenvalue weighted by molar-refractivity contribution is 0.143. The van der Waals surface area contributed by atoms with Crippen LogP contribution in [0.2, 0.25) is 0 Å². The number of likely N-dealkylation sites (tertiary alicyclic amines) is 1. The van der Waals surface area contributed by atoms with Crippen molar-refractivity contribution in [3.8, 4) is 0 Å². The van der Waals surface area contributed by atoms with Gasteiger partial charge in [0.1, 0.15) is 0 Å². The lowest BCUT2D eigenvalue weighted by Gasteiger charge is -2.22. The molecule has 1 fully saturated rings. The van der Waals surface area contributed by atoms with Gasteiger partial charge in [0.15, 0.2) is 5.96 Å². The first-order valence-electron chi connectivity index (χ1n) is 5.02. The SMILES string of the molecule is COCCN1CCCC1CN=C(N)N. The Labute approximate surface area is 85.1 Å². The number of methoxy groups -OCH3 is 1. The summed E-state index contributed by atoms with van der Waals surface area (Å²) in [6.07, 6.45) is 2.41. The fraction of sp³-hybridized carbons (Fsp3) is 0.889. The molecule has 14 heavy (non-hydrogen) atoms. The second-order valence-electron chi connectivity index (χ2n) is 3.59. The van der Waals surface area contributed by atoms with E-state index in [1.807, 2.05) is 0 Å². The largest absolute Gasteiger partial charge is 0.383 e. The molecule has 0 spiro atoms. The second kappa shape index (κ2) is 5.82. The molecule has 1 unspecified atom stereocenters. The zero-order chi connectivity index (χ0) is 10.4. The fourth-order valence-electron chi connectivity index (χ4n) is 1.82. The van der Waals surface area contributed by atoms with E-state index in [4.69, 9.17) is 16.2 Å². The number of hydrogen-bond donors (Lipinski definition) is 2. The Kier molecular flexibility index (Phi) is 4.69. The summed E-state index contributed by atoms with van der Waals surface area (Å²) in [4.78, 5) is 6.44. The standard InChI is InChI=1S/C9H20N4O/c1-14-6-5-13-4-2-3-8(13)7-12-9(10)11/h8H,2-7H2,1H3,(H4,10,11,12). The van der Waals surface area contributed by atoms with E-state index in [1.165, 1.54) is 12.8 Å². The van der Waals surface area contributed by atoms with E-state index in [9.17, 15) is 0 Å². The van der Waals surface area contributed by atoms with Crippen LogP contribution < -0.4 is 11.5 Å². The number of aliphatic imine (C=N–C) groups is 1. The molecule has 1 rings (SSSR count). The highest BCUT2D eigenvalue weighted by atomic mass is 16.5. The summed E-state index contributed by atoms with van der Waals surface area (Å²) >= 11 is 0. The number of guanidine groups is 1. The number of ether oxygens (including phenoxy) is 1. The minimum Gasteiger partial charge on any atom is -0.383 e. The van der Waals surface area contributed by atoms with Crippen LogP contribution in [0.4, 0.5) is 0 Å². The highest BCUT2D eigenvalue weighted by molar-refractivity contribution is 5.75. The van der Waals surface area contributed by atoms with E-state index in [0.717, 1.165) is 19.7 Å². The van der Waals surface area contributed by atoms with Gasteiger partial charge in [0, 0.05) is 19.7 Å². The van der Waals surface area contributed by atoms with Gasteiger partial charge in [-0.25, -0.2) is 0 Å². The number of nitrogens with zero attached hydrogens (tertiary/aromatic N) is 2. The molecule has 4 N–H and O–H groups in total. The summed E-state index contributed by atoms with van der Waals surface area (Å²) in [6, 6.07) is 0.493. The molecule has 1 aliphatic heterocycles. The number of nitrogens with two attached hydrogens (primary N) is 2. The molecule has 0 aliphatic carbocycles. The van der Waals surface area contributed by atoms with Crippen LogP contribution in [-0.2, 0) is 4.74 Å². The molecule has 0 aromatic rings. The Bertz CT molecular complexity index is 191. The Morgan fingerprint density at radius 3 is 3.00 bits per heavy atom. The van der Waals surface area contributed by atoms with Crippen LogP contribution in [-0.4, -0.2) is 50.3 Å². The maximum absolute atomic E-state index is 5.30. The normalized spacial score (nSPS) is 22.5. The van der Waals surface area contributed by atoms with Crippen molar-refractivity contribution in [3.63, 3.8) is 0 Å². The lowest BCUT2D eigenvalue weighted by atomic mass is 10.2. The predicted octanol–water partition coefficient (Wildman–Crippen LogP) is -0.629. The van der Waals surface area contributed by atoms with Crippen molar-refractivity contribution >= 4 is 5.96 Å². The van der Waals surface area contributed by atoms with Crippen LogP contribution in [0.1, 0.15) is 12.8 Å². The molecule has 0 saturated carbocycles. The third-order valence-electron chi connectivity index (χ3n) is 2.57. The Balaban J connectivity index is 2.31. The molecule has 1 atom stereocenters. The third-order valence-corrected chi connectivity index (χ3v) is 2.57. The highest BCUT2D eigenvalue weighted by Crippen LogP contribution is 2.16. The molecular formula is C9H20N4O. The molecule has 0 radical (unpaired) electrons. The molecule has 1 aliphatic rings. The predicted molar refractivity (Wildman–Crippen MR) is 57.1 cm³/mol. The van der Waals surface area contributed by atoms with E-state index in [2.05, 4.69) is 9.89 Å². The van der Waals surface area contributed by atoms with Crippen LogP contribution in [0.3, 0.4) is 0 Å². The van der Waals surface area contributed by atoms with Crippen molar-refractivity contribution in [1.82, 2.24) is 4.90 Å².